The minimum absolute atomic E-state index is 0.175. The van der Waals surface area contributed by atoms with Crippen molar-refractivity contribution >= 4 is 21.9 Å². The maximum atomic E-state index is 5.38. The maximum Gasteiger partial charge on any atom is 0.246 e. The molecule has 102 valence electrons. The summed E-state index contributed by atoms with van der Waals surface area (Å²) in [5, 5.41) is 6.85. The van der Waals surface area contributed by atoms with Gasteiger partial charge in [-0.2, -0.15) is 4.98 Å². The van der Waals surface area contributed by atoms with Crippen LogP contribution in [0.5, 0.6) is 0 Å². The molecule has 0 unspecified atom stereocenters. The molecule has 0 bridgehead atoms. The fourth-order valence-corrected chi connectivity index (χ4v) is 1.59. The van der Waals surface area contributed by atoms with Crippen molar-refractivity contribution in [3.05, 3.63) is 28.6 Å². The van der Waals surface area contributed by atoms with Gasteiger partial charge in [0.05, 0.1) is 11.0 Å². The summed E-state index contributed by atoms with van der Waals surface area (Å²) < 4.78 is 11.3. The molecule has 0 fully saturated rings. The zero-order valence-electron chi connectivity index (χ0n) is 10.6. The average Bonchev–Trinajstić information content (AvgIpc) is 2.87. The van der Waals surface area contributed by atoms with Crippen molar-refractivity contribution in [3.8, 4) is 0 Å². The highest BCUT2D eigenvalue weighted by Crippen LogP contribution is 2.13. The van der Waals surface area contributed by atoms with E-state index < -0.39 is 0 Å². The molecule has 0 saturated carbocycles. The maximum absolute atomic E-state index is 5.38. The highest BCUT2D eigenvalue weighted by Gasteiger charge is 2.13. The zero-order chi connectivity index (χ0) is 13.7. The number of aromatic nitrogens is 4. The number of ether oxygens (including phenoxy) is 1. The molecular weight excluding hydrogens is 314 g/mol. The minimum atomic E-state index is -0.175. The molecule has 2 heterocycles. The summed E-state index contributed by atoms with van der Waals surface area (Å²) in [5.74, 6) is 1.50. The molecule has 19 heavy (non-hydrogen) atoms. The summed E-state index contributed by atoms with van der Waals surface area (Å²) in [5.41, 5.74) is 0. The van der Waals surface area contributed by atoms with Crippen LogP contribution in [0.15, 0.2) is 21.4 Å². The SMILES string of the molecule is CCO[C@H](C)c1noc(CNc2ncc(Br)cn2)n1. The standard InChI is InChI=1S/C11H14BrN5O2/c1-3-18-7(2)10-16-9(19-17-10)6-15-11-13-4-8(12)5-14-11/h4-5,7H,3,6H2,1-2H3,(H,13,14,15)/t7-/m1/s1. The Morgan fingerprint density at radius 3 is 2.84 bits per heavy atom. The van der Waals surface area contributed by atoms with Crippen molar-refractivity contribution in [1.29, 1.82) is 0 Å². The smallest absolute Gasteiger partial charge is 0.246 e. The van der Waals surface area contributed by atoms with Crippen molar-refractivity contribution in [3.63, 3.8) is 0 Å². The predicted octanol–water partition coefficient (Wildman–Crippen LogP) is 2.33. The number of nitrogens with one attached hydrogen (secondary N) is 1. The van der Waals surface area contributed by atoms with Crippen LogP contribution in [-0.2, 0) is 11.3 Å². The molecule has 2 rings (SSSR count). The molecule has 0 aliphatic rings. The van der Waals surface area contributed by atoms with E-state index in [9.17, 15) is 0 Å². The lowest BCUT2D eigenvalue weighted by atomic mass is 10.4. The van der Waals surface area contributed by atoms with E-state index in [-0.39, 0.29) is 6.10 Å². The second kappa shape index (κ2) is 6.58. The lowest BCUT2D eigenvalue weighted by Gasteiger charge is -2.04. The van der Waals surface area contributed by atoms with Crippen LogP contribution >= 0.6 is 15.9 Å². The number of nitrogens with zero attached hydrogens (tertiary/aromatic N) is 4. The van der Waals surface area contributed by atoms with Gasteiger partial charge in [0.2, 0.25) is 11.8 Å². The first-order valence-corrected chi connectivity index (χ1v) is 6.64. The van der Waals surface area contributed by atoms with Crippen molar-refractivity contribution in [2.75, 3.05) is 11.9 Å². The summed E-state index contributed by atoms with van der Waals surface area (Å²) in [6.45, 7) is 4.77. The Hall–Kier alpha value is -1.54. The van der Waals surface area contributed by atoms with Gasteiger partial charge in [-0.1, -0.05) is 5.16 Å². The molecule has 0 amide bonds. The van der Waals surface area contributed by atoms with E-state index in [0.717, 1.165) is 4.47 Å². The molecular formula is C11H14BrN5O2. The van der Waals surface area contributed by atoms with Gasteiger partial charge in [-0.25, -0.2) is 9.97 Å². The summed E-state index contributed by atoms with van der Waals surface area (Å²) in [6, 6.07) is 0. The van der Waals surface area contributed by atoms with Crippen LogP contribution in [0.4, 0.5) is 5.95 Å². The fraction of sp³-hybridized carbons (Fsp3) is 0.455. The zero-order valence-corrected chi connectivity index (χ0v) is 12.2. The predicted molar refractivity (Wildman–Crippen MR) is 71.4 cm³/mol. The van der Waals surface area contributed by atoms with Gasteiger partial charge in [0.25, 0.3) is 0 Å². The molecule has 7 nitrogen and oxygen atoms in total. The van der Waals surface area contributed by atoms with Crippen LogP contribution in [0.1, 0.15) is 31.7 Å². The van der Waals surface area contributed by atoms with Crippen LogP contribution < -0.4 is 5.32 Å². The van der Waals surface area contributed by atoms with Gasteiger partial charge in [0.15, 0.2) is 5.82 Å². The third-order valence-corrected chi connectivity index (χ3v) is 2.69. The Balaban J connectivity index is 1.91. The highest BCUT2D eigenvalue weighted by atomic mass is 79.9. The number of halogens is 1. The third-order valence-electron chi connectivity index (χ3n) is 2.28. The molecule has 1 atom stereocenters. The molecule has 0 aliphatic heterocycles. The highest BCUT2D eigenvalue weighted by molar-refractivity contribution is 9.10. The van der Waals surface area contributed by atoms with E-state index in [2.05, 4.69) is 41.4 Å². The number of rotatable bonds is 6. The van der Waals surface area contributed by atoms with Crippen LogP contribution in [0, 0.1) is 0 Å². The monoisotopic (exact) mass is 327 g/mol. The van der Waals surface area contributed by atoms with E-state index >= 15 is 0 Å². The largest absolute Gasteiger partial charge is 0.371 e. The molecule has 1 N–H and O–H groups in total. The van der Waals surface area contributed by atoms with E-state index in [1.165, 1.54) is 0 Å². The van der Waals surface area contributed by atoms with Crippen molar-refractivity contribution < 1.29 is 9.26 Å². The van der Waals surface area contributed by atoms with E-state index in [0.29, 0.717) is 30.8 Å². The average molecular weight is 328 g/mol. The quantitative estimate of drug-likeness (QED) is 0.871. The second-order valence-electron chi connectivity index (χ2n) is 3.72. The first kappa shape index (κ1) is 13.9. The Kier molecular flexibility index (Phi) is 4.80. The lowest BCUT2D eigenvalue weighted by molar-refractivity contribution is 0.0683. The minimum Gasteiger partial charge on any atom is -0.371 e. The van der Waals surface area contributed by atoms with Crippen molar-refractivity contribution in [1.82, 2.24) is 20.1 Å². The van der Waals surface area contributed by atoms with E-state index in [1.807, 2.05) is 13.8 Å². The van der Waals surface area contributed by atoms with Crippen LogP contribution in [-0.4, -0.2) is 26.7 Å². The second-order valence-corrected chi connectivity index (χ2v) is 4.64. The third kappa shape index (κ3) is 3.97. The summed E-state index contributed by atoms with van der Waals surface area (Å²) >= 11 is 3.27. The van der Waals surface area contributed by atoms with Gasteiger partial charge in [-0.05, 0) is 29.8 Å². The van der Waals surface area contributed by atoms with Crippen molar-refractivity contribution in [2.45, 2.75) is 26.5 Å². The molecule has 0 aromatic carbocycles. The van der Waals surface area contributed by atoms with Gasteiger partial charge < -0.3 is 14.6 Å². The Bertz CT molecular complexity index is 516. The first-order chi connectivity index (χ1) is 9.19. The number of hydrogen-bond acceptors (Lipinski definition) is 7. The topological polar surface area (TPSA) is 86.0 Å². The molecule has 8 heteroatoms. The van der Waals surface area contributed by atoms with Gasteiger partial charge >= 0.3 is 0 Å². The van der Waals surface area contributed by atoms with Crippen LogP contribution in [0.25, 0.3) is 0 Å². The molecule has 2 aromatic heterocycles. The summed E-state index contributed by atoms with van der Waals surface area (Å²) in [4.78, 5) is 12.4. The number of hydrogen-bond donors (Lipinski definition) is 1. The van der Waals surface area contributed by atoms with Gasteiger partial charge in [-0.3, -0.25) is 0 Å². The van der Waals surface area contributed by atoms with E-state index in [1.54, 1.807) is 12.4 Å². The van der Waals surface area contributed by atoms with E-state index in [4.69, 9.17) is 9.26 Å². The summed E-state index contributed by atoms with van der Waals surface area (Å²) in [7, 11) is 0. The van der Waals surface area contributed by atoms with Crippen molar-refractivity contribution in [2.24, 2.45) is 0 Å². The molecule has 0 aliphatic carbocycles. The molecule has 0 saturated heterocycles. The van der Waals surface area contributed by atoms with Gasteiger partial charge in [0, 0.05) is 19.0 Å². The van der Waals surface area contributed by atoms with Gasteiger partial charge in [-0.15, -0.1) is 0 Å². The lowest BCUT2D eigenvalue weighted by Crippen LogP contribution is -2.05. The molecule has 2 aromatic rings. The summed E-state index contributed by atoms with van der Waals surface area (Å²) in [6.07, 6.45) is 3.14. The molecule has 0 radical (unpaired) electrons. The Morgan fingerprint density at radius 2 is 2.16 bits per heavy atom. The number of anilines is 1. The fourth-order valence-electron chi connectivity index (χ4n) is 1.39. The first-order valence-electron chi connectivity index (χ1n) is 5.84. The van der Waals surface area contributed by atoms with Crippen LogP contribution in [0.2, 0.25) is 0 Å². The Morgan fingerprint density at radius 1 is 1.42 bits per heavy atom. The Labute approximate surface area is 118 Å². The molecule has 0 spiro atoms. The van der Waals surface area contributed by atoms with Gasteiger partial charge in [0.1, 0.15) is 6.10 Å². The van der Waals surface area contributed by atoms with Crippen LogP contribution in [0.3, 0.4) is 0 Å². The normalized spacial score (nSPS) is 12.4.